The fourth-order valence-electron chi connectivity index (χ4n) is 2.53. The van der Waals surface area contributed by atoms with E-state index < -0.39 is 0 Å². The van der Waals surface area contributed by atoms with E-state index in [4.69, 9.17) is 5.11 Å². The van der Waals surface area contributed by atoms with Gasteiger partial charge in [-0.2, -0.15) is 0 Å². The zero-order valence-corrected chi connectivity index (χ0v) is 9.97. The number of nitrogens with zero attached hydrogens (tertiary/aromatic N) is 3. The molecule has 1 fully saturated rings. The van der Waals surface area contributed by atoms with Crippen LogP contribution < -0.4 is 0 Å². The maximum atomic E-state index is 9.06. The second-order valence-corrected chi connectivity index (χ2v) is 5.01. The Hall–Kier alpha value is -0.900. The molecule has 4 heteroatoms. The van der Waals surface area contributed by atoms with Crippen molar-refractivity contribution in [3.8, 4) is 0 Å². The molecule has 0 saturated heterocycles. The Morgan fingerprint density at radius 2 is 2.12 bits per heavy atom. The van der Waals surface area contributed by atoms with Gasteiger partial charge in [0.15, 0.2) is 5.82 Å². The largest absolute Gasteiger partial charge is 0.388 e. The first-order chi connectivity index (χ1) is 7.79. The van der Waals surface area contributed by atoms with Gasteiger partial charge in [0.1, 0.15) is 12.9 Å². The van der Waals surface area contributed by atoms with Gasteiger partial charge in [-0.1, -0.05) is 32.6 Å². The second-order valence-electron chi connectivity index (χ2n) is 5.01. The Kier molecular flexibility index (Phi) is 3.93. The Bertz CT molecular complexity index is 316. The van der Waals surface area contributed by atoms with Gasteiger partial charge < -0.3 is 9.67 Å². The minimum Gasteiger partial charge on any atom is -0.388 e. The zero-order valence-electron chi connectivity index (χ0n) is 9.97. The summed E-state index contributed by atoms with van der Waals surface area (Å²) in [6.45, 7) is 3.28. The van der Waals surface area contributed by atoms with Gasteiger partial charge in [0.25, 0.3) is 0 Å². The average molecular weight is 223 g/mol. The maximum Gasteiger partial charge on any atom is 0.158 e. The monoisotopic (exact) mass is 223 g/mol. The Labute approximate surface area is 96.7 Å². The molecule has 90 valence electrons. The van der Waals surface area contributed by atoms with Gasteiger partial charge in [0, 0.05) is 6.54 Å². The van der Waals surface area contributed by atoms with Crippen molar-refractivity contribution in [1.29, 1.82) is 0 Å². The van der Waals surface area contributed by atoms with E-state index in [-0.39, 0.29) is 6.61 Å². The molecule has 2 rings (SSSR count). The van der Waals surface area contributed by atoms with E-state index in [1.54, 1.807) is 6.33 Å². The van der Waals surface area contributed by atoms with Gasteiger partial charge in [-0.25, -0.2) is 0 Å². The zero-order chi connectivity index (χ0) is 11.4. The second kappa shape index (κ2) is 5.43. The van der Waals surface area contributed by atoms with Gasteiger partial charge in [0.2, 0.25) is 0 Å². The molecule has 0 radical (unpaired) electrons. The van der Waals surface area contributed by atoms with Crippen molar-refractivity contribution < 1.29 is 5.11 Å². The van der Waals surface area contributed by atoms with Crippen molar-refractivity contribution in [3.63, 3.8) is 0 Å². The van der Waals surface area contributed by atoms with Crippen LogP contribution in [0.3, 0.4) is 0 Å². The highest BCUT2D eigenvalue weighted by molar-refractivity contribution is 4.82. The molecule has 0 bridgehead atoms. The first-order valence-electron chi connectivity index (χ1n) is 6.27. The summed E-state index contributed by atoms with van der Waals surface area (Å²) < 4.78 is 1.97. The highest BCUT2D eigenvalue weighted by atomic mass is 16.3. The summed E-state index contributed by atoms with van der Waals surface area (Å²) in [4.78, 5) is 0. The number of aromatic nitrogens is 3. The summed E-state index contributed by atoms with van der Waals surface area (Å²) >= 11 is 0. The smallest absolute Gasteiger partial charge is 0.158 e. The van der Waals surface area contributed by atoms with Crippen LogP contribution in [-0.4, -0.2) is 19.9 Å². The minimum absolute atomic E-state index is 0.0122. The van der Waals surface area contributed by atoms with Crippen LogP contribution in [0, 0.1) is 11.8 Å². The molecule has 0 aliphatic heterocycles. The molecule has 1 saturated carbocycles. The fourth-order valence-corrected chi connectivity index (χ4v) is 2.53. The topological polar surface area (TPSA) is 50.9 Å². The molecule has 1 aromatic rings. The van der Waals surface area contributed by atoms with Gasteiger partial charge in [0.05, 0.1) is 0 Å². The molecule has 0 spiro atoms. The van der Waals surface area contributed by atoms with E-state index in [2.05, 4.69) is 17.1 Å². The Morgan fingerprint density at radius 3 is 2.81 bits per heavy atom. The van der Waals surface area contributed by atoms with Crippen molar-refractivity contribution in [2.45, 2.75) is 52.2 Å². The molecular formula is C12H21N3O. The third-order valence-corrected chi connectivity index (χ3v) is 3.75. The molecule has 4 nitrogen and oxygen atoms in total. The minimum atomic E-state index is -0.0122. The third kappa shape index (κ3) is 2.82. The number of aliphatic hydroxyl groups is 1. The maximum absolute atomic E-state index is 9.06. The lowest BCUT2D eigenvalue weighted by Gasteiger charge is -2.26. The van der Waals surface area contributed by atoms with Crippen LogP contribution in [0.2, 0.25) is 0 Å². The number of hydrogen-bond acceptors (Lipinski definition) is 3. The molecule has 16 heavy (non-hydrogen) atoms. The lowest BCUT2D eigenvalue weighted by molar-refractivity contribution is 0.251. The van der Waals surface area contributed by atoms with E-state index in [0.29, 0.717) is 5.82 Å². The number of aliphatic hydroxyl groups excluding tert-OH is 1. The van der Waals surface area contributed by atoms with Crippen molar-refractivity contribution in [1.82, 2.24) is 14.8 Å². The van der Waals surface area contributed by atoms with E-state index >= 15 is 0 Å². The number of aryl methyl sites for hydroxylation is 1. The quantitative estimate of drug-likeness (QED) is 0.849. The average Bonchev–Trinajstić information content (AvgIpc) is 2.76. The first kappa shape index (κ1) is 11.6. The third-order valence-electron chi connectivity index (χ3n) is 3.75. The first-order valence-corrected chi connectivity index (χ1v) is 6.27. The van der Waals surface area contributed by atoms with E-state index in [9.17, 15) is 0 Å². The van der Waals surface area contributed by atoms with Gasteiger partial charge in [-0.15, -0.1) is 10.2 Å². The molecule has 1 N–H and O–H groups in total. The molecular weight excluding hydrogens is 202 g/mol. The molecule has 0 unspecified atom stereocenters. The van der Waals surface area contributed by atoms with Crippen LogP contribution in [0.25, 0.3) is 0 Å². The molecule has 1 aliphatic rings. The van der Waals surface area contributed by atoms with Crippen LogP contribution in [-0.2, 0) is 13.2 Å². The summed E-state index contributed by atoms with van der Waals surface area (Å²) in [7, 11) is 0. The molecule has 1 aromatic heterocycles. The van der Waals surface area contributed by atoms with E-state index in [0.717, 1.165) is 18.4 Å². The normalized spacial score (nSPS) is 25.9. The van der Waals surface area contributed by atoms with Crippen LogP contribution >= 0.6 is 0 Å². The standard InChI is InChI=1S/C12H21N3O/c1-10-2-4-11(5-3-10)6-7-15-9-13-14-12(15)8-16/h9-11,16H,2-8H2,1H3. The van der Waals surface area contributed by atoms with Crippen LogP contribution in [0.5, 0.6) is 0 Å². The fraction of sp³-hybridized carbons (Fsp3) is 0.833. The van der Waals surface area contributed by atoms with Crippen LogP contribution in [0.1, 0.15) is 44.9 Å². The van der Waals surface area contributed by atoms with Gasteiger partial charge in [-0.3, -0.25) is 0 Å². The van der Waals surface area contributed by atoms with Crippen LogP contribution in [0.4, 0.5) is 0 Å². The number of rotatable bonds is 4. The van der Waals surface area contributed by atoms with Crippen LogP contribution in [0.15, 0.2) is 6.33 Å². The van der Waals surface area contributed by atoms with Crippen molar-refractivity contribution >= 4 is 0 Å². The lowest BCUT2D eigenvalue weighted by atomic mass is 9.81. The Balaban J connectivity index is 1.79. The summed E-state index contributed by atoms with van der Waals surface area (Å²) in [5, 5.41) is 16.8. The Morgan fingerprint density at radius 1 is 1.38 bits per heavy atom. The summed E-state index contributed by atoms with van der Waals surface area (Å²) in [6, 6.07) is 0. The molecule has 1 aliphatic carbocycles. The number of hydrogen-bond donors (Lipinski definition) is 1. The van der Waals surface area contributed by atoms with E-state index in [1.165, 1.54) is 32.1 Å². The van der Waals surface area contributed by atoms with Crippen molar-refractivity contribution in [3.05, 3.63) is 12.2 Å². The molecule has 1 heterocycles. The summed E-state index contributed by atoms with van der Waals surface area (Å²) in [6.07, 6.45) is 8.38. The van der Waals surface area contributed by atoms with Crippen molar-refractivity contribution in [2.24, 2.45) is 11.8 Å². The van der Waals surface area contributed by atoms with Gasteiger partial charge in [-0.05, 0) is 18.3 Å². The highest BCUT2D eigenvalue weighted by Gasteiger charge is 2.18. The summed E-state index contributed by atoms with van der Waals surface area (Å²) in [5.74, 6) is 2.45. The van der Waals surface area contributed by atoms with Crippen molar-refractivity contribution in [2.75, 3.05) is 0 Å². The highest BCUT2D eigenvalue weighted by Crippen LogP contribution is 2.30. The summed E-state index contributed by atoms with van der Waals surface area (Å²) in [5.41, 5.74) is 0. The predicted molar refractivity (Wildman–Crippen MR) is 61.7 cm³/mol. The predicted octanol–water partition coefficient (Wildman–Crippen LogP) is 1.99. The lowest BCUT2D eigenvalue weighted by Crippen LogP contribution is -2.15. The SMILES string of the molecule is CC1CCC(CCn2cnnc2CO)CC1. The van der Waals surface area contributed by atoms with Gasteiger partial charge >= 0.3 is 0 Å². The molecule has 0 atom stereocenters. The molecule has 0 amide bonds. The van der Waals surface area contributed by atoms with E-state index in [1.807, 2.05) is 4.57 Å². The molecule has 0 aromatic carbocycles.